The zero-order valence-electron chi connectivity index (χ0n) is 10.3. The molecule has 0 bridgehead atoms. The monoisotopic (exact) mass is 218 g/mol. The van der Waals surface area contributed by atoms with Gasteiger partial charge in [0.25, 0.3) is 0 Å². The molecule has 0 unspecified atom stereocenters. The molecule has 1 N–H and O–H groups in total. The summed E-state index contributed by atoms with van der Waals surface area (Å²) in [5, 5.41) is 3.39. The molecule has 0 amide bonds. The number of likely N-dealkylation sites (N-methyl/N-ethyl adjacent to an activating group) is 1. The highest BCUT2D eigenvalue weighted by Crippen LogP contribution is 1.99. The summed E-state index contributed by atoms with van der Waals surface area (Å²) in [6.45, 7) is 6.38. The minimum Gasteiger partial charge on any atom is -0.312 e. The van der Waals surface area contributed by atoms with Gasteiger partial charge in [0.2, 0.25) is 0 Å². The van der Waals surface area contributed by atoms with E-state index in [0.717, 1.165) is 26.2 Å². The van der Waals surface area contributed by atoms with Gasteiger partial charge >= 0.3 is 0 Å². The number of nitrogens with zero attached hydrogens (tertiary/aromatic N) is 1. The van der Waals surface area contributed by atoms with Crippen molar-refractivity contribution >= 4 is 6.08 Å². The van der Waals surface area contributed by atoms with Gasteiger partial charge in [-0.2, -0.15) is 0 Å². The van der Waals surface area contributed by atoms with Gasteiger partial charge in [-0.15, -0.1) is 0 Å². The molecule has 0 saturated carbocycles. The summed E-state index contributed by atoms with van der Waals surface area (Å²) < 4.78 is 0. The van der Waals surface area contributed by atoms with E-state index in [0.29, 0.717) is 0 Å². The summed E-state index contributed by atoms with van der Waals surface area (Å²) in [6.07, 6.45) is 4.32. The Hall–Kier alpha value is -1.12. The van der Waals surface area contributed by atoms with Crippen molar-refractivity contribution in [2.75, 3.05) is 33.2 Å². The van der Waals surface area contributed by atoms with Crippen LogP contribution in [0.1, 0.15) is 12.5 Å². The molecule has 0 aliphatic heterocycles. The lowest BCUT2D eigenvalue weighted by atomic mass is 10.2. The van der Waals surface area contributed by atoms with E-state index in [1.54, 1.807) is 0 Å². The molecule has 0 aliphatic rings. The second-order valence-corrected chi connectivity index (χ2v) is 3.91. The summed E-state index contributed by atoms with van der Waals surface area (Å²) in [5.74, 6) is 0. The molecule has 2 heteroatoms. The molecule has 0 fully saturated rings. The Morgan fingerprint density at radius 2 is 2.00 bits per heavy atom. The largest absolute Gasteiger partial charge is 0.312 e. The first-order chi connectivity index (χ1) is 7.83. The number of rotatable bonds is 7. The van der Waals surface area contributed by atoms with Crippen molar-refractivity contribution in [3.05, 3.63) is 42.0 Å². The van der Waals surface area contributed by atoms with Gasteiger partial charge < -0.3 is 10.2 Å². The van der Waals surface area contributed by atoms with E-state index in [1.165, 1.54) is 5.56 Å². The Labute approximate surface area is 99.0 Å². The summed E-state index contributed by atoms with van der Waals surface area (Å²) >= 11 is 0. The predicted octanol–water partition coefficient (Wildman–Crippen LogP) is 2.24. The Morgan fingerprint density at radius 3 is 2.69 bits per heavy atom. The van der Waals surface area contributed by atoms with Crippen molar-refractivity contribution in [3.8, 4) is 0 Å². The van der Waals surface area contributed by atoms with Gasteiger partial charge in [0, 0.05) is 19.6 Å². The topological polar surface area (TPSA) is 15.3 Å². The molecule has 0 aliphatic carbocycles. The first-order valence-corrected chi connectivity index (χ1v) is 5.93. The van der Waals surface area contributed by atoms with Crippen molar-refractivity contribution in [2.24, 2.45) is 0 Å². The Morgan fingerprint density at radius 1 is 1.25 bits per heavy atom. The van der Waals surface area contributed by atoms with Crippen LogP contribution in [0.15, 0.2) is 36.4 Å². The average molecular weight is 218 g/mol. The molecule has 0 atom stereocenters. The molecular formula is C14H22N2. The van der Waals surface area contributed by atoms with E-state index in [2.05, 4.69) is 60.6 Å². The van der Waals surface area contributed by atoms with Crippen molar-refractivity contribution in [1.29, 1.82) is 0 Å². The van der Waals surface area contributed by atoms with Crippen LogP contribution >= 0.6 is 0 Å². The zero-order chi connectivity index (χ0) is 11.6. The summed E-state index contributed by atoms with van der Waals surface area (Å²) in [5.41, 5.74) is 1.26. The van der Waals surface area contributed by atoms with Crippen molar-refractivity contribution in [1.82, 2.24) is 10.2 Å². The first-order valence-electron chi connectivity index (χ1n) is 5.93. The van der Waals surface area contributed by atoms with E-state index in [4.69, 9.17) is 0 Å². The number of nitrogens with one attached hydrogen (secondary N) is 1. The highest BCUT2D eigenvalue weighted by Gasteiger charge is 1.91. The van der Waals surface area contributed by atoms with Crippen LogP contribution in [-0.2, 0) is 0 Å². The molecule has 0 saturated heterocycles. The molecule has 1 rings (SSSR count). The third kappa shape index (κ3) is 5.69. The maximum Gasteiger partial charge on any atom is 0.0138 e. The molecule has 1 aromatic rings. The summed E-state index contributed by atoms with van der Waals surface area (Å²) in [6, 6.07) is 10.4. The molecule has 2 nitrogen and oxygen atoms in total. The standard InChI is InChI=1S/C14H22N2/c1-3-16(2)13-12-15-11-7-10-14-8-5-4-6-9-14/h4-10,15H,3,11-13H2,1-2H3. The maximum absolute atomic E-state index is 3.39. The number of benzene rings is 1. The van der Waals surface area contributed by atoms with Crippen molar-refractivity contribution < 1.29 is 0 Å². The van der Waals surface area contributed by atoms with Crippen LogP contribution in [0.2, 0.25) is 0 Å². The minimum atomic E-state index is 0.937. The second-order valence-electron chi connectivity index (χ2n) is 3.91. The zero-order valence-corrected chi connectivity index (χ0v) is 10.3. The van der Waals surface area contributed by atoms with E-state index in [-0.39, 0.29) is 0 Å². The lowest BCUT2D eigenvalue weighted by molar-refractivity contribution is 0.352. The molecule has 0 heterocycles. The molecule has 0 aromatic heterocycles. The third-order valence-electron chi connectivity index (χ3n) is 2.58. The van der Waals surface area contributed by atoms with Gasteiger partial charge in [-0.25, -0.2) is 0 Å². The van der Waals surface area contributed by atoms with Gasteiger partial charge in [0.15, 0.2) is 0 Å². The molecule has 0 spiro atoms. The number of hydrogen-bond acceptors (Lipinski definition) is 2. The van der Waals surface area contributed by atoms with Gasteiger partial charge in [0.05, 0.1) is 0 Å². The predicted molar refractivity (Wildman–Crippen MR) is 71.5 cm³/mol. The fourth-order valence-electron chi connectivity index (χ4n) is 1.37. The lowest BCUT2D eigenvalue weighted by Crippen LogP contribution is -2.29. The van der Waals surface area contributed by atoms with Crippen LogP contribution < -0.4 is 5.32 Å². The summed E-state index contributed by atoms with van der Waals surface area (Å²) in [4.78, 5) is 2.30. The van der Waals surface area contributed by atoms with E-state index in [1.807, 2.05) is 6.07 Å². The Bertz CT molecular complexity index is 293. The van der Waals surface area contributed by atoms with Gasteiger partial charge in [-0.3, -0.25) is 0 Å². The molecular weight excluding hydrogens is 196 g/mol. The van der Waals surface area contributed by atoms with Crippen LogP contribution in [-0.4, -0.2) is 38.1 Å². The Kier molecular flexibility index (Phi) is 6.54. The molecule has 88 valence electrons. The van der Waals surface area contributed by atoms with Crippen LogP contribution in [0.5, 0.6) is 0 Å². The molecule has 0 radical (unpaired) electrons. The van der Waals surface area contributed by atoms with Crippen LogP contribution in [0.3, 0.4) is 0 Å². The van der Waals surface area contributed by atoms with Gasteiger partial charge in [-0.1, -0.05) is 49.4 Å². The van der Waals surface area contributed by atoms with Gasteiger partial charge in [-0.05, 0) is 19.2 Å². The Balaban J connectivity index is 2.09. The first kappa shape index (κ1) is 12.9. The normalized spacial score (nSPS) is 11.4. The minimum absolute atomic E-state index is 0.937. The highest BCUT2D eigenvalue weighted by atomic mass is 15.1. The fourth-order valence-corrected chi connectivity index (χ4v) is 1.37. The van der Waals surface area contributed by atoms with Crippen molar-refractivity contribution in [2.45, 2.75) is 6.92 Å². The lowest BCUT2D eigenvalue weighted by Gasteiger charge is -2.13. The third-order valence-corrected chi connectivity index (χ3v) is 2.58. The van der Waals surface area contributed by atoms with Crippen LogP contribution in [0.25, 0.3) is 6.08 Å². The van der Waals surface area contributed by atoms with Crippen molar-refractivity contribution in [3.63, 3.8) is 0 Å². The SMILES string of the molecule is CCN(C)CCNCC=Cc1ccccc1. The quantitative estimate of drug-likeness (QED) is 0.706. The summed E-state index contributed by atoms with van der Waals surface area (Å²) in [7, 11) is 2.14. The second kappa shape index (κ2) is 8.08. The van der Waals surface area contributed by atoms with Crippen LogP contribution in [0, 0.1) is 0 Å². The maximum atomic E-state index is 3.39. The molecule has 1 aromatic carbocycles. The highest BCUT2D eigenvalue weighted by molar-refractivity contribution is 5.48. The van der Waals surface area contributed by atoms with Gasteiger partial charge in [0.1, 0.15) is 0 Å². The number of hydrogen-bond donors (Lipinski definition) is 1. The molecule has 16 heavy (non-hydrogen) atoms. The van der Waals surface area contributed by atoms with Crippen LogP contribution in [0.4, 0.5) is 0 Å². The average Bonchev–Trinajstić information content (AvgIpc) is 2.34. The smallest absolute Gasteiger partial charge is 0.0138 e. The van der Waals surface area contributed by atoms with E-state index in [9.17, 15) is 0 Å². The van der Waals surface area contributed by atoms with E-state index < -0.39 is 0 Å². The van der Waals surface area contributed by atoms with E-state index >= 15 is 0 Å². The fraction of sp³-hybridized carbons (Fsp3) is 0.429.